The van der Waals surface area contributed by atoms with Gasteiger partial charge in [-0.3, -0.25) is 4.98 Å². The summed E-state index contributed by atoms with van der Waals surface area (Å²) in [5.74, 6) is 0. The Morgan fingerprint density at radius 2 is 2.11 bits per heavy atom. The lowest BCUT2D eigenvalue weighted by molar-refractivity contribution is 0.220. The highest BCUT2D eigenvalue weighted by Crippen LogP contribution is 2.28. The number of aromatic nitrogens is 1. The number of aliphatic hydroxyl groups excluding tert-OH is 1. The van der Waals surface area contributed by atoms with Crippen molar-refractivity contribution >= 4 is 22.3 Å². The highest BCUT2D eigenvalue weighted by atomic mass is 16.3. The van der Waals surface area contributed by atoms with Crippen molar-refractivity contribution < 1.29 is 5.11 Å². The third-order valence-corrected chi connectivity index (χ3v) is 3.35. The number of benzene rings is 1. The molecule has 102 valence electrons. The highest BCUT2D eigenvalue weighted by molar-refractivity contribution is 5.98. The van der Waals surface area contributed by atoms with E-state index in [-0.39, 0.29) is 12.0 Å². The van der Waals surface area contributed by atoms with E-state index in [2.05, 4.69) is 24.1 Å². The van der Waals surface area contributed by atoms with Crippen molar-refractivity contribution in [1.29, 1.82) is 0 Å². The third kappa shape index (κ3) is 3.15. The number of nitrogen functional groups attached to an aromatic ring is 1. The van der Waals surface area contributed by atoms with Crippen LogP contribution >= 0.6 is 0 Å². The van der Waals surface area contributed by atoms with Gasteiger partial charge in [0, 0.05) is 30.4 Å². The third-order valence-electron chi connectivity index (χ3n) is 3.35. The zero-order valence-electron chi connectivity index (χ0n) is 11.5. The van der Waals surface area contributed by atoms with Crippen molar-refractivity contribution in [3.05, 3.63) is 30.5 Å². The fraction of sp³-hybridized carbons (Fsp3) is 0.400. The Balaban J connectivity index is 2.24. The quantitative estimate of drug-likeness (QED) is 0.722. The molecule has 0 saturated heterocycles. The van der Waals surface area contributed by atoms with Crippen molar-refractivity contribution in [2.45, 2.75) is 20.3 Å². The standard InChI is InChI=1S/C15H21N3O/c1-15(2,7-9-19)10-18-13-6-5-12(16)14-11(13)4-3-8-17-14/h3-6,8,18-19H,7,9-10,16H2,1-2H3. The molecule has 2 aromatic rings. The second kappa shape index (κ2) is 5.45. The first-order valence-electron chi connectivity index (χ1n) is 6.51. The first-order valence-corrected chi connectivity index (χ1v) is 6.51. The van der Waals surface area contributed by atoms with E-state index in [9.17, 15) is 0 Å². The molecule has 0 spiro atoms. The van der Waals surface area contributed by atoms with Crippen molar-refractivity contribution in [2.24, 2.45) is 5.41 Å². The Morgan fingerprint density at radius 3 is 2.84 bits per heavy atom. The minimum atomic E-state index is 0.0463. The molecule has 2 rings (SSSR count). The van der Waals surface area contributed by atoms with Crippen LogP contribution in [0.25, 0.3) is 10.9 Å². The summed E-state index contributed by atoms with van der Waals surface area (Å²) in [6.45, 7) is 5.27. The zero-order valence-corrected chi connectivity index (χ0v) is 11.5. The molecule has 1 heterocycles. The van der Waals surface area contributed by atoms with Gasteiger partial charge in [-0.25, -0.2) is 0 Å². The van der Waals surface area contributed by atoms with Gasteiger partial charge in [-0.05, 0) is 36.1 Å². The van der Waals surface area contributed by atoms with Crippen LogP contribution in [0.4, 0.5) is 11.4 Å². The fourth-order valence-electron chi connectivity index (χ4n) is 2.07. The molecule has 4 N–H and O–H groups in total. The molecule has 0 amide bonds. The largest absolute Gasteiger partial charge is 0.397 e. The molecule has 19 heavy (non-hydrogen) atoms. The summed E-state index contributed by atoms with van der Waals surface area (Å²) in [5.41, 5.74) is 8.53. The first-order chi connectivity index (χ1) is 9.03. The van der Waals surface area contributed by atoms with Crippen molar-refractivity contribution in [1.82, 2.24) is 4.98 Å². The molecule has 4 nitrogen and oxygen atoms in total. The minimum Gasteiger partial charge on any atom is -0.397 e. The van der Waals surface area contributed by atoms with Crippen LogP contribution in [-0.2, 0) is 0 Å². The average Bonchev–Trinajstić information content (AvgIpc) is 2.38. The van der Waals surface area contributed by atoms with Gasteiger partial charge in [0.15, 0.2) is 0 Å². The number of hydrogen-bond acceptors (Lipinski definition) is 4. The molecule has 0 radical (unpaired) electrons. The molecule has 4 heteroatoms. The molecule has 0 aliphatic carbocycles. The monoisotopic (exact) mass is 259 g/mol. The molecule has 1 aromatic carbocycles. The minimum absolute atomic E-state index is 0.0463. The van der Waals surface area contributed by atoms with E-state index in [1.54, 1.807) is 6.20 Å². The second-order valence-corrected chi connectivity index (χ2v) is 5.59. The molecular formula is C15H21N3O. The van der Waals surface area contributed by atoms with Gasteiger partial charge < -0.3 is 16.2 Å². The van der Waals surface area contributed by atoms with Crippen LogP contribution < -0.4 is 11.1 Å². The molecule has 0 aliphatic heterocycles. The van der Waals surface area contributed by atoms with Crippen LogP contribution in [0.3, 0.4) is 0 Å². The van der Waals surface area contributed by atoms with Gasteiger partial charge in [0.25, 0.3) is 0 Å². The van der Waals surface area contributed by atoms with Gasteiger partial charge in [0.05, 0.1) is 11.2 Å². The summed E-state index contributed by atoms with van der Waals surface area (Å²) in [7, 11) is 0. The van der Waals surface area contributed by atoms with E-state index in [0.29, 0.717) is 5.69 Å². The molecule has 0 bridgehead atoms. The Hall–Kier alpha value is -1.81. The summed E-state index contributed by atoms with van der Waals surface area (Å²) < 4.78 is 0. The number of nitrogens with one attached hydrogen (secondary N) is 1. The predicted molar refractivity (Wildman–Crippen MR) is 80.1 cm³/mol. The number of hydrogen-bond donors (Lipinski definition) is 3. The lowest BCUT2D eigenvalue weighted by Gasteiger charge is -2.25. The van der Waals surface area contributed by atoms with E-state index in [4.69, 9.17) is 10.8 Å². The van der Waals surface area contributed by atoms with Crippen molar-refractivity contribution in [2.75, 3.05) is 24.2 Å². The Labute approximate surface area is 113 Å². The molecule has 0 aliphatic rings. The predicted octanol–water partition coefficient (Wildman–Crippen LogP) is 2.64. The summed E-state index contributed by atoms with van der Waals surface area (Å²) in [6.07, 6.45) is 2.52. The summed E-state index contributed by atoms with van der Waals surface area (Å²) in [6, 6.07) is 7.77. The van der Waals surface area contributed by atoms with Crippen LogP contribution in [0.1, 0.15) is 20.3 Å². The number of pyridine rings is 1. The topological polar surface area (TPSA) is 71.2 Å². The van der Waals surface area contributed by atoms with Crippen LogP contribution in [0.2, 0.25) is 0 Å². The van der Waals surface area contributed by atoms with E-state index >= 15 is 0 Å². The van der Waals surface area contributed by atoms with Crippen LogP contribution in [-0.4, -0.2) is 23.2 Å². The van der Waals surface area contributed by atoms with Gasteiger partial charge in [0.2, 0.25) is 0 Å². The second-order valence-electron chi connectivity index (χ2n) is 5.59. The fourth-order valence-corrected chi connectivity index (χ4v) is 2.07. The summed E-state index contributed by atoms with van der Waals surface area (Å²) in [5, 5.41) is 13.5. The Bertz CT molecular complexity index is 566. The lowest BCUT2D eigenvalue weighted by atomic mass is 9.89. The van der Waals surface area contributed by atoms with Gasteiger partial charge in [0.1, 0.15) is 0 Å². The van der Waals surface area contributed by atoms with Gasteiger partial charge in [-0.2, -0.15) is 0 Å². The van der Waals surface area contributed by atoms with E-state index in [1.807, 2.05) is 24.3 Å². The number of nitrogens with two attached hydrogens (primary N) is 1. The summed E-state index contributed by atoms with van der Waals surface area (Å²) in [4.78, 5) is 4.32. The highest BCUT2D eigenvalue weighted by Gasteiger charge is 2.17. The first kappa shape index (κ1) is 13.6. The zero-order chi connectivity index (χ0) is 13.9. The lowest BCUT2D eigenvalue weighted by Crippen LogP contribution is -2.24. The van der Waals surface area contributed by atoms with Gasteiger partial charge >= 0.3 is 0 Å². The Morgan fingerprint density at radius 1 is 1.32 bits per heavy atom. The smallest absolute Gasteiger partial charge is 0.0951 e. The van der Waals surface area contributed by atoms with E-state index < -0.39 is 0 Å². The maximum Gasteiger partial charge on any atom is 0.0951 e. The van der Waals surface area contributed by atoms with Crippen molar-refractivity contribution in [3.8, 4) is 0 Å². The van der Waals surface area contributed by atoms with Crippen LogP contribution in [0.15, 0.2) is 30.5 Å². The molecule has 0 saturated carbocycles. The normalized spacial score (nSPS) is 11.7. The molecule has 0 atom stereocenters. The SMILES string of the molecule is CC(C)(CCO)CNc1ccc(N)c2ncccc12. The van der Waals surface area contributed by atoms with Crippen LogP contribution in [0.5, 0.6) is 0 Å². The van der Waals surface area contributed by atoms with E-state index in [0.717, 1.165) is 29.6 Å². The number of aliphatic hydroxyl groups is 1. The molecule has 0 unspecified atom stereocenters. The number of nitrogens with zero attached hydrogens (tertiary/aromatic N) is 1. The van der Waals surface area contributed by atoms with Crippen LogP contribution in [0, 0.1) is 5.41 Å². The number of rotatable bonds is 5. The Kier molecular flexibility index (Phi) is 3.90. The maximum atomic E-state index is 9.05. The average molecular weight is 259 g/mol. The number of anilines is 2. The van der Waals surface area contributed by atoms with Gasteiger partial charge in [-0.15, -0.1) is 0 Å². The molecule has 0 fully saturated rings. The molecular weight excluding hydrogens is 238 g/mol. The maximum absolute atomic E-state index is 9.05. The summed E-state index contributed by atoms with van der Waals surface area (Å²) >= 11 is 0. The molecule has 1 aromatic heterocycles. The van der Waals surface area contributed by atoms with E-state index in [1.165, 1.54) is 0 Å². The number of fused-ring (bicyclic) bond motifs is 1. The van der Waals surface area contributed by atoms with Crippen molar-refractivity contribution in [3.63, 3.8) is 0 Å². The van der Waals surface area contributed by atoms with Gasteiger partial charge in [-0.1, -0.05) is 13.8 Å².